The molecule has 0 heterocycles. The Kier molecular flexibility index (Phi) is 5.72. The third-order valence-electron chi connectivity index (χ3n) is 6.29. The van der Waals surface area contributed by atoms with Crippen LogP contribution in [0.2, 0.25) is 0 Å². The van der Waals surface area contributed by atoms with E-state index in [4.69, 9.17) is 0 Å². The van der Waals surface area contributed by atoms with Gasteiger partial charge in [0.15, 0.2) is 0 Å². The molecule has 1 N–H and O–H groups in total. The summed E-state index contributed by atoms with van der Waals surface area (Å²) in [6, 6.07) is 0. The minimum absolute atomic E-state index is 0.456. The maximum absolute atomic E-state index is 3.47. The van der Waals surface area contributed by atoms with Gasteiger partial charge in [-0.15, -0.1) is 0 Å². The van der Waals surface area contributed by atoms with E-state index in [2.05, 4.69) is 50.2 Å². The van der Waals surface area contributed by atoms with Crippen molar-refractivity contribution in [2.45, 2.75) is 57.4 Å². The van der Waals surface area contributed by atoms with Crippen LogP contribution in [0.3, 0.4) is 0 Å². The largest absolute Gasteiger partial charge is 0.319 e. The molecular weight excluding hydrogens is 258 g/mol. The summed E-state index contributed by atoms with van der Waals surface area (Å²) in [5.41, 5.74) is 0.963. The van der Waals surface area contributed by atoms with E-state index in [0.717, 1.165) is 5.92 Å². The fraction of sp³-hybridized carbons (Fsp3) is 1.00. The standard InChI is InChI=1S/C18H37N3/c1-16-7-11-17(12-8-16,13-19-2)14-21(5)15-18(20(3)4)9-6-10-18/h16,19H,6-15H2,1-5H3. The highest BCUT2D eigenvalue weighted by molar-refractivity contribution is 4.99. The first-order valence-electron chi connectivity index (χ1n) is 8.92. The third-order valence-corrected chi connectivity index (χ3v) is 6.29. The van der Waals surface area contributed by atoms with Crippen LogP contribution < -0.4 is 5.32 Å². The summed E-state index contributed by atoms with van der Waals surface area (Å²) in [7, 11) is 8.99. The quantitative estimate of drug-likeness (QED) is 0.779. The predicted molar refractivity (Wildman–Crippen MR) is 91.8 cm³/mol. The highest BCUT2D eigenvalue weighted by Crippen LogP contribution is 2.41. The molecule has 2 aliphatic carbocycles. The number of hydrogen-bond acceptors (Lipinski definition) is 3. The molecule has 0 amide bonds. The van der Waals surface area contributed by atoms with Gasteiger partial charge in [-0.2, -0.15) is 0 Å². The molecule has 0 spiro atoms. The van der Waals surface area contributed by atoms with Crippen molar-refractivity contribution in [3.05, 3.63) is 0 Å². The molecule has 124 valence electrons. The number of nitrogens with one attached hydrogen (secondary N) is 1. The van der Waals surface area contributed by atoms with Crippen molar-refractivity contribution < 1.29 is 0 Å². The molecule has 0 aliphatic heterocycles. The van der Waals surface area contributed by atoms with E-state index < -0.39 is 0 Å². The van der Waals surface area contributed by atoms with Gasteiger partial charge in [0, 0.05) is 25.2 Å². The molecule has 0 aromatic carbocycles. The lowest BCUT2D eigenvalue weighted by Crippen LogP contribution is -2.58. The Labute approximate surface area is 132 Å². The topological polar surface area (TPSA) is 18.5 Å². The molecule has 0 saturated heterocycles. The van der Waals surface area contributed by atoms with E-state index >= 15 is 0 Å². The zero-order chi connectivity index (χ0) is 15.5. The highest BCUT2D eigenvalue weighted by atomic mass is 15.2. The Balaban J connectivity index is 1.93. The Morgan fingerprint density at radius 2 is 1.62 bits per heavy atom. The van der Waals surface area contributed by atoms with Gasteiger partial charge >= 0.3 is 0 Å². The average molecular weight is 296 g/mol. The smallest absolute Gasteiger partial charge is 0.0330 e. The van der Waals surface area contributed by atoms with E-state index in [1.807, 2.05) is 0 Å². The van der Waals surface area contributed by atoms with Crippen molar-refractivity contribution in [2.75, 3.05) is 47.8 Å². The number of hydrogen-bond donors (Lipinski definition) is 1. The number of rotatable bonds is 7. The van der Waals surface area contributed by atoms with Crippen molar-refractivity contribution in [3.63, 3.8) is 0 Å². The van der Waals surface area contributed by atoms with E-state index in [1.165, 1.54) is 64.6 Å². The number of nitrogens with zero attached hydrogens (tertiary/aromatic N) is 2. The molecule has 2 fully saturated rings. The van der Waals surface area contributed by atoms with Gasteiger partial charge in [-0.25, -0.2) is 0 Å². The van der Waals surface area contributed by atoms with Crippen LogP contribution >= 0.6 is 0 Å². The van der Waals surface area contributed by atoms with Gasteiger partial charge in [-0.1, -0.05) is 19.8 Å². The first kappa shape index (κ1) is 17.2. The molecule has 3 heteroatoms. The lowest BCUT2D eigenvalue weighted by Gasteiger charge is -2.51. The lowest BCUT2D eigenvalue weighted by atomic mass is 9.70. The summed E-state index contributed by atoms with van der Waals surface area (Å²) in [4.78, 5) is 5.10. The molecule has 0 radical (unpaired) electrons. The van der Waals surface area contributed by atoms with E-state index in [0.29, 0.717) is 11.0 Å². The van der Waals surface area contributed by atoms with Gasteiger partial charge in [-0.05, 0) is 71.6 Å². The van der Waals surface area contributed by atoms with Gasteiger partial charge in [-0.3, -0.25) is 0 Å². The van der Waals surface area contributed by atoms with Crippen LogP contribution in [0.5, 0.6) is 0 Å². The minimum Gasteiger partial charge on any atom is -0.319 e. The maximum Gasteiger partial charge on any atom is 0.0330 e. The second-order valence-electron chi connectivity index (χ2n) is 8.36. The fourth-order valence-electron chi connectivity index (χ4n) is 4.60. The molecule has 21 heavy (non-hydrogen) atoms. The van der Waals surface area contributed by atoms with Crippen molar-refractivity contribution >= 4 is 0 Å². The van der Waals surface area contributed by atoms with Crippen LogP contribution in [-0.4, -0.2) is 63.2 Å². The first-order valence-corrected chi connectivity index (χ1v) is 8.92. The van der Waals surface area contributed by atoms with Crippen molar-refractivity contribution in [1.29, 1.82) is 0 Å². The fourth-order valence-corrected chi connectivity index (χ4v) is 4.60. The minimum atomic E-state index is 0.456. The Bertz CT molecular complexity index is 314. The summed E-state index contributed by atoms with van der Waals surface area (Å²) >= 11 is 0. The molecule has 0 unspecified atom stereocenters. The highest BCUT2D eigenvalue weighted by Gasteiger charge is 2.41. The molecule has 2 aliphatic rings. The zero-order valence-corrected chi connectivity index (χ0v) is 15.0. The summed E-state index contributed by atoms with van der Waals surface area (Å²) in [6.07, 6.45) is 9.78. The van der Waals surface area contributed by atoms with Crippen molar-refractivity contribution in [1.82, 2.24) is 15.1 Å². The molecular formula is C18H37N3. The second-order valence-corrected chi connectivity index (χ2v) is 8.36. The van der Waals surface area contributed by atoms with Crippen LogP contribution in [-0.2, 0) is 0 Å². The van der Waals surface area contributed by atoms with Crippen LogP contribution in [0, 0.1) is 11.3 Å². The van der Waals surface area contributed by atoms with Crippen LogP contribution in [0.1, 0.15) is 51.9 Å². The third kappa shape index (κ3) is 4.00. The normalized spacial score (nSPS) is 32.4. The van der Waals surface area contributed by atoms with Gasteiger partial charge in [0.1, 0.15) is 0 Å². The monoisotopic (exact) mass is 295 g/mol. The molecule has 0 atom stereocenters. The maximum atomic E-state index is 3.47. The predicted octanol–water partition coefficient (Wildman–Crippen LogP) is 2.82. The Hall–Kier alpha value is -0.120. The van der Waals surface area contributed by atoms with Crippen molar-refractivity contribution in [3.8, 4) is 0 Å². The second kappa shape index (κ2) is 6.97. The van der Waals surface area contributed by atoms with E-state index in [-0.39, 0.29) is 0 Å². The lowest BCUT2D eigenvalue weighted by molar-refractivity contribution is 0.00811. The number of likely N-dealkylation sites (N-methyl/N-ethyl adjacent to an activating group) is 2. The molecule has 0 bridgehead atoms. The van der Waals surface area contributed by atoms with Crippen LogP contribution in [0.15, 0.2) is 0 Å². The van der Waals surface area contributed by atoms with Gasteiger partial charge in [0.25, 0.3) is 0 Å². The summed E-state index contributed by atoms with van der Waals surface area (Å²) in [5, 5.41) is 3.47. The summed E-state index contributed by atoms with van der Waals surface area (Å²) in [5.74, 6) is 0.931. The summed E-state index contributed by atoms with van der Waals surface area (Å²) < 4.78 is 0. The SMILES string of the molecule is CNCC1(CN(C)CC2(N(C)C)CCC2)CCC(C)CC1. The molecule has 0 aromatic rings. The summed E-state index contributed by atoms with van der Waals surface area (Å²) in [6.45, 7) is 6.10. The first-order chi connectivity index (χ1) is 9.91. The Morgan fingerprint density at radius 3 is 2.05 bits per heavy atom. The molecule has 2 saturated carbocycles. The van der Waals surface area contributed by atoms with Gasteiger partial charge < -0.3 is 15.1 Å². The average Bonchev–Trinajstić information content (AvgIpc) is 2.37. The molecule has 2 rings (SSSR count). The van der Waals surface area contributed by atoms with Crippen LogP contribution in [0.4, 0.5) is 0 Å². The van der Waals surface area contributed by atoms with Crippen LogP contribution in [0.25, 0.3) is 0 Å². The zero-order valence-electron chi connectivity index (χ0n) is 15.0. The Morgan fingerprint density at radius 1 is 1.00 bits per heavy atom. The van der Waals surface area contributed by atoms with Crippen molar-refractivity contribution in [2.24, 2.45) is 11.3 Å². The molecule has 3 nitrogen and oxygen atoms in total. The van der Waals surface area contributed by atoms with E-state index in [9.17, 15) is 0 Å². The van der Waals surface area contributed by atoms with E-state index in [1.54, 1.807) is 0 Å². The van der Waals surface area contributed by atoms with Gasteiger partial charge in [0.05, 0.1) is 0 Å². The van der Waals surface area contributed by atoms with Gasteiger partial charge in [0.2, 0.25) is 0 Å². The molecule has 0 aromatic heterocycles.